The van der Waals surface area contributed by atoms with E-state index >= 15 is 0 Å². The zero-order chi connectivity index (χ0) is 14.0. The van der Waals surface area contributed by atoms with Crippen molar-refractivity contribution < 1.29 is 14.6 Å². The first kappa shape index (κ1) is 15.2. The van der Waals surface area contributed by atoms with E-state index < -0.39 is 0 Å². The van der Waals surface area contributed by atoms with E-state index in [0.717, 1.165) is 8.04 Å². The fraction of sp³-hybridized carbons (Fsp3) is 0.462. The molecule has 19 heavy (non-hydrogen) atoms. The molecule has 1 aromatic carbocycles. The average molecular weight is 440 g/mol. The maximum atomic E-state index is 12.5. The molecule has 2 atom stereocenters. The molecule has 6 heteroatoms. The lowest BCUT2D eigenvalue weighted by atomic mass is 10.1. The summed E-state index contributed by atoms with van der Waals surface area (Å²) in [4.78, 5) is 14.3. The third kappa shape index (κ3) is 3.68. The maximum absolute atomic E-state index is 12.5. The third-order valence-corrected chi connectivity index (χ3v) is 4.34. The molecule has 0 radical (unpaired) electrons. The van der Waals surface area contributed by atoms with Crippen molar-refractivity contribution in [2.24, 2.45) is 0 Å². The Morgan fingerprint density at radius 3 is 3.00 bits per heavy atom. The Morgan fingerprint density at radius 1 is 1.58 bits per heavy atom. The van der Waals surface area contributed by atoms with Gasteiger partial charge in [0.15, 0.2) is 0 Å². The molecule has 4 nitrogen and oxygen atoms in total. The van der Waals surface area contributed by atoms with E-state index in [2.05, 4.69) is 38.5 Å². The van der Waals surface area contributed by atoms with Gasteiger partial charge in [0.1, 0.15) is 0 Å². The van der Waals surface area contributed by atoms with Gasteiger partial charge in [-0.3, -0.25) is 4.79 Å². The van der Waals surface area contributed by atoms with Gasteiger partial charge in [-0.15, -0.1) is 0 Å². The van der Waals surface area contributed by atoms with E-state index in [1.165, 1.54) is 0 Å². The monoisotopic (exact) mass is 439 g/mol. The molecule has 1 amide bonds. The first-order valence-corrected chi connectivity index (χ1v) is 7.89. The molecule has 1 aromatic rings. The second-order valence-electron chi connectivity index (χ2n) is 4.59. The molecule has 1 aliphatic rings. The normalized spacial score (nSPS) is 23.5. The summed E-state index contributed by atoms with van der Waals surface area (Å²) in [6.07, 6.45) is -0.356. The molecule has 0 aromatic heterocycles. The molecule has 1 N–H and O–H groups in total. The number of carbonyl (C=O) groups is 1. The summed E-state index contributed by atoms with van der Waals surface area (Å²) in [6, 6.07) is 5.68. The van der Waals surface area contributed by atoms with Gasteiger partial charge >= 0.3 is 0 Å². The molecule has 1 saturated heterocycles. The van der Waals surface area contributed by atoms with Gasteiger partial charge in [-0.2, -0.15) is 0 Å². The van der Waals surface area contributed by atoms with Crippen molar-refractivity contribution in [2.45, 2.75) is 19.1 Å². The van der Waals surface area contributed by atoms with Gasteiger partial charge < -0.3 is 14.7 Å². The summed E-state index contributed by atoms with van der Waals surface area (Å²) in [5.74, 6) is -0.0287. The van der Waals surface area contributed by atoms with Crippen LogP contribution in [0.4, 0.5) is 0 Å². The largest absolute Gasteiger partial charge is 0.394 e. The third-order valence-electron chi connectivity index (χ3n) is 2.98. The number of aliphatic hydroxyl groups excluding tert-OH is 1. The molecule has 1 heterocycles. The lowest BCUT2D eigenvalue weighted by Gasteiger charge is -2.36. The van der Waals surface area contributed by atoms with Gasteiger partial charge in [0, 0.05) is 21.1 Å². The number of benzene rings is 1. The number of halogens is 2. The Kier molecular flexibility index (Phi) is 5.22. The number of morpholine rings is 1. The van der Waals surface area contributed by atoms with Crippen LogP contribution < -0.4 is 0 Å². The molecule has 1 fully saturated rings. The minimum absolute atomic E-state index is 0.0287. The first-order valence-electron chi connectivity index (χ1n) is 6.02. The highest BCUT2D eigenvalue weighted by atomic mass is 127. The number of hydrogen-bond donors (Lipinski definition) is 1. The number of ether oxygens (including phenoxy) is 1. The molecule has 104 valence electrons. The number of aliphatic hydroxyl groups is 1. The second-order valence-corrected chi connectivity index (χ2v) is 6.69. The van der Waals surface area contributed by atoms with E-state index in [1.807, 2.05) is 25.1 Å². The minimum atomic E-state index is -0.297. The van der Waals surface area contributed by atoms with Crippen molar-refractivity contribution in [2.75, 3.05) is 19.7 Å². The molecular formula is C13H15BrINO3. The number of hydrogen-bond acceptors (Lipinski definition) is 3. The Morgan fingerprint density at radius 2 is 2.32 bits per heavy atom. The van der Waals surface area contributed by atoms with Crippen LogP contribution in [0, 0.1) is 3.57 Å². The zero-order valence-corrected chi connectivity index (χ0v) is 14.2. The van der Waals surface area contributed by atoms with E-state index in [0.29, 0.717) is 18.7 Å². The maximum Gasteiger partial charge on any atom is 0.255 e. The zero-order valence-electron chi connectivity index (χ0n) is 10.5. The highest BCUT2D eigenvalue weighted by Crippen LogP contribution is 2.23. The van der Waals surface area contributed by atoms with Gasteiger partial charge in [-0.1, -0.05) is 0 Å². The lowest BCUT2D eigenvalue weighted by Crippen LogP contribution is -2.50. The van der Waals surface area contributed by atoms with Crippen molar-refractivity contribution in [3.8, 4) is 0 Å². The Bertz CT molecular complexity index is 483. The molecule has 2 rings (SSSR count). The van der Waals surface area contributed by atoms with E-state index in [4.69, 9.17) is 4.74 Å². The molecular weight excluding hydrogens is 425 g/mol. The predicted octanol–water partition coefficient (Wildman–Crippen LogP) is 2.28. The summed E-state index contributed by atoms with van der Waals surface area (Å²) < 4.78 is 7.36. The first-order chi connectivity index (χ1) is 9.01. The number of nitrogens with zero attached hydrogens (tertiary/aromatic N) is 1. The van der Waals surface area contributed by atoms with Crippen molar-refractivity contribution in [3.63, 3.8) is 0 Å². The van der Waals surface area contributed by atoms with Crippen molar-refractivity contribution in [1.82, 2.24) is 4.90 Å². The molecule has 2 unspecified atom stereocenters. The van der Waals surface area contributed by atoms with Crippen molar-refractivity contribution >= 4 is 44.4 Å². The van der Waals surface area contributed by atoms with E-state index in [1.54, 1.807) is 4.90 Å². The second kappa shape index (κ2) is 6.51. The SMILES string of the molecule is CC1CN(C(=O)c2cc(I)ccc2Br)CC(CO)O1. The molecule has 1 aliphatic heterocycles. The molecule has 0 aliphatic carbocycles. The van der Waals surface area contributed by atoms with Crippen LogP contribution in [-0.2, 0) is 4.74 Å². The van der Waals surface area contributed by atoms with Crippen molar-refractivity contribution in [3.05, 3.63) is 31.8 Å². The van der Waals surface area contributed by atoms with Crippen molar-refractivity contribution in [1.29, 1.82) is 0 Å². The number of rotatable bonds is 2. The topological polar surface area (TPSA) is 49.8 Å². The molecule has 0 saturated carbocycles. The van der Waals surface area contributed by atoms with Crippen LogP contribution in [0.25, 0.3) is 0 Å². The summed E-state index contributed by atoms with van der Waals surface area (Å²) in [5.41, 5.74) is 0.651. The predicted molar refractivity (Wildman–Crippen MR) is 84.2 cm³/mol. The summed E-state index contributed by atoms with van der Waals surface area (Å²) in [7, 11) is 0. The quantitative estimate of drug-likeness (QED) is 0.719. The van der Waals surface area contributed by atoms with E-state index in [9.17, 15) is 9.90 Å². The highest BCUT2D eigenvalue weighted by Gasteiger charge is 2.29. The van der Waals surface area contributed by atoms with Gasteiger partial charge in [-0.25, -0.2) is 0 Å². The summed E-state index contributed by atoms with van der Waals surface area (Å²) in [6.45, 7) is 2.82. The molecule has 0 bridgehead atoms. The smallest absolute Gasteiger partial charge is 0.255 e. The fourth-order valence-electron chi connectivity index (χ4n) is 2.14. The number of carbonyl (C=O) groups excluding carboxylic acids is 1. The molecule has 0 spiro atoms. The standard InChI is InChI=1S/C13H15BrINO3/c1-8-5-16(6-10(7-17)19-8)13(18)11-4-9(15)2-3-12(11)14/h2-4,8,10,17H,5-7H2,1H3. The van der Waals surface area contributed by atoms with Crippen LogP contribution in [0.2, 0.25) is 0 Å². The average Bonchev–Trinajstić information content (AvgIpc) is 2.40. The van der Waals surface area contributed by atoms with Gasteiger partial charge in [-0.05, 0) is 63.6 Å². The van der Waals surface area contributed by atoms with Gasteiger partial charge in [0.05, 0.1) is 24.4 Å². The highest BCUT2D eigenvalue weighted by molar-refractivity contribution is 14.1. The summed E-state index contributed by atoms with van der Waals surface area (Å²) >= 11 is 5.60. The minimum Gasteiger partial charge on any atom is -0.394 e. The Balaban J connectivity index is 2.21. The van der Waals surface area contributed by atoms with Crippen LogP contribution in [0.1, 0.15) is 17.3 Å². The lowest BCUT2D eigenvalue weighted by molar-refractivity contribution is -0.0858. The van der Waals surface area contributed by atoms with Gasteiger partial charge in [0.25, 0.3) is 5.91 Å². The Labute approximate surface area is 134 Å². The van der Waals surface area contributed by atoms with Crippen LogP contribution in [-0.4, -0.2) is 47.8 Å². The van der Waals surface area contributed by atoms with E-state index in [-0.39, 0.29) is 24.7 Å². The van der Waals surface area contributed by atoms with Crippen LogP contribution in [0.15, 0.2) is 22.7 Å². The van der Waals surface area contributed by atoms with Crippen LogP contribution in [0.3, 0.4) is 0 Å². The van der Waals surface area contributed by atoms with Crippen LogP contribution >= 0.6 is 38.5 Å². The summed E-state index contributed by atoms with van der Waals surface area (Å²) in [5, 5.41) is 9.20. The fourth-order valence-corrected chi connectivity index (χ4v) is 3.05. The Hall–Kier alpha value is -0.180. The van der Waals surface area contributed by atoms with Crippen LogP contribution in [0.5, 0.6) is 0 Å². The van der Waals surface area contributed by atoms with Gasteiger partial charge in [0.2, 0.25) is 0 Å². The number of amides is 1.